The van der Waals surface area contributed by atoms with Crippen LogP contribution < -0.4 is 45.9 Å². The Balaban J connectivity index is 2.97. The first-order valence-electron chi connectivity index (χ1n) is 27.4. The van der Waals surface area contributed by atoms with E-state index in [1.165, 1.54) is 0 Å². The van der Waals surface area contributed by atoms with E-state index in [4.69, 9.17) is 93.2 Å². The molecule has 3 aliphatic rings. The maximum absolute atomic E-state index is 11.5. The lowest BCUT2D eigenvalue weighted by atomic mass is 9.98. The van der Waals surface area contributed by atoms with Crippen LogP contribution in [-0.2, 0) is 47.4 Å². The van der Waals surface area contributed by atoms with E-state index in [0.717, 1.165) is 6.08 Å². The zero-order valence-electron chi connectivity index (χ0n) is 48.1. The third-order valence-electron chi connectivity index (χ3n) is 12.8. The van der Waals surface area contributed by atoms with Crippen LogP contribution in [0.3, 0.4) is 0 Å². The Morgan fingerprint density at radius 2 is 0.629 bits per heavy atom. The summed E-state index contributed by atoms with van der Waals surface area (Å²) in [6, 6.07) is 0. The lowest BCUT2D eigenvalue weighted by Gasteiger charge is -2.43. The molecule has 0 amide bonds. The van der Waals surface area contributed by atoms with Gasteiger partial charge in [-0.05, 0) is 84.3 Å². The number of nitrogens with two attached hydrogens (primary N) is 8. The Bertz CT molecular complexity index is 2400. The highest BCUT2D eigenvalue weighted by atomic mass is 16.7. The molecule has 1 saturated heterocycles. The molecule has 37 N–H and O–H groups in total. The molecule has 0 aromatic heterocycles. The third kappa shape index (κ3) is 22.4. The van der Waals surface area contributed by atoms with Gasteiger partial charge in [-0.3, -0.25) is 0 Å². The molecular formula is C50H90N8O31. The Hall–Kier alpha value is -6.04. The van der Waals surface area contributed by atoms with Crippen molar-refractivity contribution in [2.24, 2.45) is 45.9 Å². The molecule has 0 spiro atoms. The molecule has 0 aromatic rings. The number of fused-ring (bicyclic) bond motifs is 29. The first-order valence-corrected chi connectivity index (χ1v) is 27.4. The van der Waals surface area contributed by atoms with Gasteiger partial charge in [0.15, 0.2) is 81.5 Å². The predicted molar refractivity (Wildman–Crippen MR) is 300 cm³/mol. The quantitative estimate of drug-likeness (QED) is 0.0570. The summed E-state index contributed by atoms with van der Waals surface area (Å²) in [7, 11) is 0. The molecule has 0 radical (unpaired) electrons. The van der Waals surface area contributed by atoms with Gasteiger partial charge in [-0.2, -0.15) is 0 Å². The molecule has 39 nitrogen and oxygen atoms in total. The van der Waals surface area contributed by atoms with Crippen LogP contribution in [-0.4, -0.2) is 277 Å². The molecule has 3 aliphatic heterocycles. The zero-order valence-corrected chi connectivity index (χ0v) is 48.1. The van der Waals surface area contributed by atoms with Gasteiger partial charge in [-0.25, -0.2) is 0 Å². The largest absolute Gasteiger partial charge is 0.506 e. The normalized spacial score (nSPS) is 38.7. The Morgan fingerprint density at radius 1 is 0.337 bits per heavy atom. The summed E-state index contributed by atoms with van der Waals surface area (Å²) in [6.07, 6.45) is -42.9. The average Bonchev–Trinajstić information content (AvgIpc) is 2.93. The second-order valence-corrected chi connectivity index (χ2v) is 19.3. The zero-order chi connectivity index (χ0) is 67.6. The molecule has 18 atom stereocenters. The maximum atomic E-state index is 11.5. The van der Waals surface area contributed by atoms with Crippen LogP contribution in [0.4, 0.5) is 0 Å². The van der Waals surface area contributed by atoms with Crippen LogP contribution in [0.1, 0.15) is 44.9 Å². The van der Waals surface area contributed by atoms with Gasteiger partial charge < -0.3 is 200 Å². The van der Waals surface area contributed by atoms with E-state index in [-0.39, 0.29) is 6.54 Å². The van der Waals surface area contributed by atoms with Gasteiger partial charge in [-0.15, -0.1) is 0 Å². The van der Waals surface area contributed by atoms with Gasteiger partial charge in [0.05, 0.1) is 0 Å². The minimum absolute atomic E-state index is 0.381. The SMILES string of the molecule is C=CCO/C1=C(\O)C(CCN)OC(O)/C(O)=C(/O)C(CCN)OC(O)/C(O)=C(/O)C(CCN)O/C(O)=C(/O)C(CCN)OC(O)/C(O)=C(/O)C(CCN)OC(O)/C(O)=C(/O)C(CCN)OC(O)/C(O)=C(/O)C(CCN)OC2OC(CN)C(OC1O)C(O)C2O. The topological polar surface area (TPSA) is 725 Å². The molecule has 3 heterocycles. The monoisotopic (exact) mass is 1300 g/mol. The smallest absolute Gasteiger partial charge is 0.319 e. The molecule has 89 heavy (non-hydrogen) atoms. The summed E-state index contributed by atoms with van der Waals surface area (Å²) >= 11 is 0. The number of hydrogen-bond donors (Lipinski definition) is 29. The fourth-order valence-electron chi connectivity index (χ4n) is 8.14. The first-order chi connectivity index (χ1) is 42.0. The summed E-state index contributed by atoms with van der Waals surface area (Å²) < 4.78 is 54.0. The first kappa shape index (κ1) is 79.1. The van der Waals surface area contributed by atoms with Crippen LogP contribution in [0.25, 0.3) is 0 Å². The second-order valence-electron chi connectivity index (χ2n) is 19.3. The summed E-state index contributed by atoms with van der Waals surface area (Å²) in [4.78, 5) is 0. The van der Waals surface area contributed by atoms with E-state index in [1.54, 1.807) is 0 Å². The van der Waals surface area contributed by atoms with Crippen LogP contribution in [0, 0.1) is 0 Å². The Labute approximate surface area is 508 Å². The molecule has 2 bridgehead atoms. The van der Waals surface area contributed by atoms with Crippen LogP contribution in [0.2, 0.25) is 0 Å². The molecule has 0 aliphatic carbocycles. The Morgan fingerprint density at radius 3 is 0.944 bits per heavy atom. The van der Waals surface area contributed by atoms with Crippen molar-refractivity contribution in [2.45, 2.75) is 156 Å². The Kier molecular flexibility index (Phi) is 34.9. The number of hydrogen-bond acceptors (Lipinski definition) is 39. The van der Waals surface area contributed by atoms with E-state index < -0.39 is 289 Å². The number of aliphatic hydroxyl groups excluding tert-OH is 21. The molecule has 39 heteroatoms. The fraction of sp³-hybridized carbons (Fsp3) is 0.680. The summed E-state index contributed by atoms with van der Waals surface area (Å²) in [5.74, 6) is -19.5. The molecule has 516 valence electrons. The number of aliphatic hydroxyl groups is 21. The molecule has 1 fully saturated rings. The summed E-state index contributed by atoms with van der Waals surface area (Å²) in [5.41, 5.74) is 45.6. The highest BCUT2D eigenvalue weighted by molar-refractivity contribution is 5.16. The van der Waals surface area contributed by atoms with Crippen LogP contribution >= 0.6 is 0 Å². The van der Waals surface area contributed by atoms with Crippen molar-refractivity contribution < 1.29 is 155 Å². The van der Waals surface area contributed by atoms with Crippen LogP contribution in [0.15, 0.2) is 93.5 Å². The molecule has 3 rings (SSSR count). The standard InChI is InChI=1S/C50H90N8O31/c1-2-17-80-42-32(64)24(8-15-56)85-47(77)37(69)29(61)21(5-12-53)82-44(74)35(67)27(59)19(3-10-51)81-43(73)33(65)25(9-16-57)86-48(78)38(70)30(62)22(6-13-54)83-45(75)36(68)28(60)20(4-11-52)84-46(76)39(71)31(63)23(7-14-55)87-50-40(72)34(66)41(89-49(42)79)26(18-58)88-50/h2,19-26,34,40-41,44-50,59-79H,1,3-18,51-58H2/b35-27-,36-28-,37-29-,38-30-,39-31-,42-32-,43-33+. The number of ether oxygens (including phenoxy) is 10. The maximum Gasteiger partial charge on any atom is 0.319 e. The van der Waals surface area contributed by atoms with Crippen molar-refractivity contribution in [1.82, 2.24) is 0 Å². The van der Waals surface area contributed by atoms with E-state index in [9.17, 15) is 107 Å². The van der Waals surface area contributed by atoms with Gasteiger partial charge in [0.25, 0.3) is 0 Å². The van der Waals surface area contributed by atoms with Gasteiger partial charge >= 0.3 is 5.95 Å². The summed E-state index contributed by atoms with van der Waals surface area (Å²) in [5, 5.41) is 233. The second kappa shape index (κ2) is 39.3. The van der Waals surface area contributed by atoms with Crippen LogP contribution in [0.5, 0.6) is 0 Å². The highest BCUT2D eigenvalue weighted by Crippen LogP contribution is 2.32. The van der Waals surface area contributed by atoms with Crippen molar-refractivity contribution in [2.75, 3.05) is 59.0 Å². The predicted octanol–water partition coefficient (Wildman–Crippen LogP) is -5.27. The van der Waals surface area contributed by atoms with E-state index in [1.807, 2.05) is 0 Å². The van der Waals surface area contributed by atoms with Crippen molar-refractivity contribution >= 4 is 0 Å². The molecule has 0 saturated carbocycles. The molecule has 0 aromatic carbocycles. The minimum atomic E-state index is -2.73. The van der Waals surface area contributed by atoms with Crippen molar-refractivity contribution in [3.8, 4) is 0 Å². The third-order valence-corrected chi connectivity index (χ3v) is 12.8. The highest BCUT2D eigenvalue weighted by Gasteiger charge is 2.48. The fourth-order valence-corrected chi connectivity index (χ4v) is 8.14. The lowest BCUT2D eigenvalue weighted by molar-refractivity contribution is -0.324. The van der Waals surface area contributed by atoms with Crippen molar-refractivity contribution in [3.63, 3.8) is 0 Å². The van der Waals surface area contributed by atoms with Crippen molar-refractivity contribution in [1.29, 1.82) is 0 Å². The van der Waals surface area contributed by atoms with E-state index in [2.05, 4.69) is 6.58 Å². The minimum Gasteiger partial charge on any atom is -0.506 e. The van der Waals surface area contributed by atoms with Gasteiger partial charge in [0, 0.05) is 13.0 Å². The van der Waals surface area contributed by atoms with Gasteiger partial charge in [-0.1, -0.05) is 12.7 Å². The summed E-state index contributed by atoms with van der Waals surface area (Å²) in [6.45, 7) is -0.681. The average molecular weight is 1300 g/mol. The van der Waals surface area contributed by atoms with Crippen molar-refractivity contribution in [3.05, 3.63) is 93.5 Å². The molecule has 18 unspecified atom stereocenters. The van der Waals surface area contributed by atoms with Gasteiger partial charge in [0.1, 0.15) is 67.6 Å². The number of rotatable bonds is 18. The molecular weight excluding hydrogens is 1210 g/mol. The van der Waals surface area contributed by atoms with Gasteiger partial charge in [0.2, 0.25) is 43.5 Å². The lowest BCUT2D eigenvalue weighted by Crippen LogP contribution is -2.62. The van der Waals surface area contributed by atoms with E-state index >= 15 is 0 Å². The van der Waals surface area contributed by atoms with E-state index in [0.29, 0.717) is 0 Å².